The van der Waals surface area contributed by atoms with E-state index < -0.39 is 5.41 Å². The molecule has 0 amide bonds. The van der Waals surface area contributed by atoms with E-state index >= 15 is 0 Å². The first-order chi connectivity index (χ1) is 12.5. The SMILES string of the molecule is CC(C)(C#N)c1ccccc1CN1CCC(C(O)c2ccccc2)CC1. The average Bonchev–Trinajstić information content (AvgIpc) is 2.69. The third-order valence-electron chi connectivity index (χ3n) is 5.58. The van der Waals surface area contributed by atoms with Crippen LogP contribution in [0.25, 0.3) is 0 Å². The zero-order valence-electron chi connectivity index (χ0n) is 15.7. The van der Waals surface area contributed by atoms with E-state index in [0.717, 1.165) is 43.6 Å². The number of nitrogens with zero attached hydrogens (tertiary/aromatic N) is 2. The average molecular weight is 348 g/mol. The van der Waals surface area contributed by atoms with Crippen molar-refractivity contribution in [3.8, 4) is 6.07 Å². The van der Waals surface area contributed by atoms with E-state index in [-0.39, 0.29) is 6.10 Å². The second kappa shape index (κ2) is 8.03. The molecule has 0 radical (unpaired) electrons. The molecule has 2 aromatic carbocycles. The summed E-state index contributed by atoms with van der Waals surface area (Å²) in [5.41, 5.74) is 2.90. The Hall–Kier alpha value is -2.15. The van der Waals surface area contributed by atoms with Crippen LogP contribution in [0.15, 0.2) is 54.6 Å². The van der Waals surface area contributed by atoms with Crippen LogP contribution >= 0.6 is 0 Å². The third kappa shape index (κ3) is 4.15. The first kappa shape index (κ1) is 18.6. The second-order valence-corrected chi connectivity index (χ2v) is 7.86. The largest absolute Gasteiger partial charge is 0.388 e. The summed E-state index contributed by atoms with van der Waals surface area (Å²) in [4.78, 5) is 2.44. The van der Waals surface area contributed by atoms with Crippen LogP contribution in [-0.4, -0.2) is 23.1 Å². The first-order valence-corrected chi connectivity index (χ1v) is 9.46. The highest BCUT2D eigenvalue weighted by Crippen LogP contribution is 2.32. The minimum Gasteiger partial charge on any atom is -0.388 e. The van der Waals surface area contributed by atoms with Gasteiger partial charge in [-0.25, -0.2) is 0 Å². The number of hydrogen-bond acceptors (Lipinski definition) is 3. The summed E-state index contributed by atoms with van der Waals surface area (Å²) < 4.78 is 0. The van der Waals surface area contributed by atoms with E-state index in [4.69, 9.17) is 0 Å². The Kier molecular flexibility index (Phi) is 5.76. The number of aliphatic hydroxyl groups excluding tert-OH is 1. The Morgan fingerprint density at radius 1 is 1.08 bits per heavy atom. The van der Waals surface area contributed by atoms with Crippen LogP contribution in [-0.2, 0) is 12.0 Å². The molecule has 0 aliphatic carbocycles. The number of likely N-dealkylation sites (tertiary alicyclic amines) is 1. The Morgan fingerprint density at radius 2 is 1.69 bits per heavy atom. The Bertz CT molecular complexity index is 755. The Balaban J connectivity index is 1.63. The van der Waals surface area contributed by atoms with Crippen molar-refractivity contribution in [2.75, 3.05) is 13.1 Å². The monoisotopic (exact) mass is 348 g/mol. The van der Waals surface area contributed by atoms with Gasteiger partial charge in [0, 0.05) is 6.54 Å². The molecule has 1 N–H and O–H groups in total. The molecular weight excluding hydrogens is 320 g/mol. The molecule has 3 nitrogen and oxygen atoms in total. The minimum atomic E-state index is -0.474. The smallest absolute Gasteiger partial charge is 0.0819 e. The van der Waals surface area contributed by atoms with E-state index in [9.17, 15) is 10.4 Å². The number of aliphatic hydroxyl groups is 1. The zero-order chi connectivity index (χ0) is 18.6. The molecule has 0 aromatic heterocycles. The van der Waals surface area contributed by atoms with Crippen LogP contribution in [0.5, 0.6) is 0 Å². The van der Waals surface area contributed by atoms with Gasteiger partial charge in [-0.2, -0.15) is 5.26 Å². The molecule has 136 valence electrons. The van der Waals surface area contributed by atoms with Crippen molar-refractivity contribution in [1.82, 2.24) is 4.90 Å². The number of hydrogen-bond donors (Lipinski definition) is 1. The summed E-state index contributed by atoms with van der Waals surface area (Å²) in [5, 5.41) is 20.1. The maximum atomic E-state index is 10.6. The minimum absolute atomic E-state index is 0.319. The van der Waals surface area contributed by atoms with Gasteiger partial charge in [-0.1, -0.05) is 54.6 Å². The standard InChI is InChI=1S/C23H28N2O/c1-23(2,17-24)21-11-7-6-10-20(21)16-25-14-12-19(13-15-25)22(26)18-8-4-3-5-9-18/h3-11,19,22,26H,12-16H2,1-2H3. The van der Waals surface area contributed by atoms with Crippen LogP contribution in [0, 0.1) is 17.2 Å². The molecule has 1 saturated heterocycles. The van der Waals surface area contributed by atoms with Crippen molar-refractivity contribution in [3.05, 3.63) is 71.3 Å². The molecule has 1 aliphatic heterocycles. The van der Waals surface area contributed by atoms with Crippen molar-refractivity contribution in [3.63, 3.8) is 0 Å². The Morgan fingerprint density at radius 3 is 2.35 bits per heavy atom. The second-order valence-electron chi connectivity index (χ2n) is 7.86. The third-order valence-corrected chi connectivity index (χ3v) is 5.58. The molecule has 1 fully saturated rings. The predicted octanol–water partition coefficient (Wildman–Crippen LogP) is 4.43. The van der Waals surface area contributed by atoms with E-state index in [2.05, 4.69) is 29.2 Å². The number of benzene rings is 2. The van der Waals surface area contributed by atoms with Crippen molar-refractivity contribution >= 4 is 0 Å². The number of nitriles is 1. The van der Waals surface area contributed by atoms with Crippen LogP contribution in [0.1, 0.15) is 49.5 Å². The molecule has 0 spiro atoms. The van der Waals surface area contributed by atoms with Gasteiger partial charge < -0.3 is 5.11 Å². The zero-order valence-corrected chi connectivity index (χ0v) is 15.7. The van der Waals surface area contributed by atoms with Gasteiger partial charge in [0.1, 0.15) is 0 Å². The fourth-order valence-corrected chi connectivity index (χ4v) is 3.92. The maximum absolute atomic E-state index is 10.6. The molecular formula is C23H28N2O. The van der Waals surface area contributed by atoms with Gasteiger partial charge in [-0.05, 0) is 62.4 Å². The molecule has 3 rings (SSSR count). The van der Waals surface area contributed by atoms with Gasteiger partial charge in [0.05, 0.1) is 17.6 Å². The molecule has 1 heterocycles. The molecule has 0 saturated carbocycles. The van der Waals surface area contributed by atoms with Gasteiger partial charge in [-0.15, -0.1) is 0 Å². The summed E-state index contributed by atoms with van der Waals surface area (Å²) >= 11 is 0. The van der Waals surface area contributed by atoms with Crippen molar-refractivity contribution < 1.29 is 5.11 Å². The lowest BCUT2D eigenvalue weighted by Gasteiger charge is -2.35. The van der Waals surface area contributed by atoms with Crippen molar-refractivity contribution in [1.29, 1.82) is 5.26 Å². The maximum Gasteiger partial charge on any atom is 0.0819 e. The molecule has 3 heteroatoms. The summed E-state index contributed by atoms with van der Waals surface area (Å²) in [7, 11) is 0. The molecule has 0 bridgehead atoms. The molecule has 26 heavy (non-hydrogen) atoms. The van der Waals surface area contributed by atoms with E-state index in [1.165, 1.54) is 5.56 Å². The lowest BCUT2D eigenvalue weighted by molar-refractivity contribution is 0.0566. The number of piperidine rings is 1. The molecule has 1 atom stereocenters. The first-order valence-electron chi connectivity index (χ1n) is 9.46. The number of rotatable bonds is 5. The fraction of sp³-hybridized carbons (Fsp3) is 0.435. The topological polar surface area (TPSA) is 47.3 Å². The quantitative estimate of drug-likeness (QED) is 0.869. The van der Waals surface area contributed by atoms with Gasteiger partial charge in [0.15, 0.2) is 0 Å². The highest BCUT2D eigenvalue weighted by atomic mass is 16.3. The Labute approximate surface area is 156 Å². The highest BCUT2D eigenvalue weighted by Gasteiger charge is 2.28. The van der Waals surface area contributed by atoms with E-state index in [1.807, 2.05) is 50.2 Å². The highest BCUT2D eigenvalue weighted by molar-refractivity contribution is 5.37. The van der Waals surface area contributed by atoms with E-state index in [0.29, 0.717) is 5.92 Å². The lowest BCUT2D eigenvalue weighted by atomic mass is 9.82. The summed E-state index contributed by atoms with van der Waals surface area (Å²) in [6.45, 7) is 6.80. The lowest BCUT2D eigenvalue weighted by Crippen LogP contribution is -2.35. The normalized spacial score (nSPS) is 17.6. The van der Waals surface area contributed by atoms with Crippen LogP contribution < -0.4 is 0 Å². The summed E-state index contributed by atoms with van der Waals surface area (Å²) in [6.07, 6.45) is 1.63. The van der Waals surface area contributed by atoms with Crippen molar-refractivity contribution in [2.24, 2.45) is 5.92 Å². The van der Waals surface area contributed by atoms with Gasteiger partial charge in [0.25, 0.3) is 0 Å². The van der Waals surface area contributed by atoms with Crippen LogP contribution in [0.3, 0.4) is 0 Å². The van der Waals surface area contributed by atoms with Gasteiger partial charge >= 0.3 is 0 Å². The predicted molar refractivity (Wildman–Crippen MR) is 104 cm³/mol. The fourth-order valence-electron chi connectivity index (χ4n) is 3.92. The molecule has 1 aliphatic rings. The van der Waals surface area contributed by atoms with Crippen LogP contribution in [0.2, 0.25) is 0 Å². The van der Waals surface area contributed by atoms with Gasteiger partial charge in [0.2, 0.25) is 0 Å². The van der Waals surface area contributed by atoms with Crippen molar-refractivity contribution in [2.45, 2.75) is 44.8 Å². The summed E-state index contributed by atoms with van der Waals surface area (Å²) in [6, 6.07) is 20.7. The van der Waals surface area contributed by atoms with Crippen LogP contribution in [0.4, 0.5) is 0 Å². The van der Waals surface area contributed by atoms with E-state index in [1.54, 1.807) is 0 Å². The van der Waals surface area contributed by atoms with Gasteiger partial charge in [-0.3, -0.25) is 4.90 Å². The summed E-state index contributed by atoms with van der Waals surface area (Å²) in [5.74, 6) is 0.319. The molecule has 1 unspecified atom stereocenters. The molecule has 2 aromatic rings.